The molecule has 3 aromatic heterocycles. The fourth-order valence-electron chi connectivity index (χ4n) is 2.90. The monoisotopic (exact) mass is 305 g/mol. The van der Waals surface area contributed by atoms with E-state index in [0.717, 1.165) is 27.1 Å². The molecule has 0 fully saturated rings. The highest BCUT2D eigenvalue weighted by molar-refractivity contribution is 7.18. The molecule has 0 radical (unpaired) electrons. The first-order chi connectivity index (χ1) is 10.0. The molecule has 0 unspecified atom stereocenters. The number of hydrogen-bond donors (Lipinski definition) is 0. The Bertz CT molecular complexity index is 920. The standard InChI is InChI=1S/C13H15N5O2S/c1-4-17-10(19)9-7-5-13(2,3)20-6-8(7)21-11(9)18-12(17)14-15-16-18/h4-6H2,1-3H3. The van der Waals surface area contributed by atoms with Crippen LogP contribution in [-0.2, 0) is 24.3 Å². The van der Waals surface area contributed by atoms with Crippen molar-refractivity contribution in [3.8, 4) is 0 Å². The van der Waals surface area contributed by atoms with Gasteiger partial charge in [0.1, 0.15) is 4.83 Å². The number of ether oxygens (including phenoxy) is 1. The zero-order chi connectivity index (χ0) is 14.8. The number of rotatable bonds is 1. The summed E-state index contributed by atoms with van der Waals surface area (Å²) in [5.74, 6) is 0.494. The van der Waals surface area contributed by atoms with Gasteiger partial charge >= 0.3 is 0 Å². The van der Waals surface area contributed by atoms with Gasteiger partial charge in [0.05, 0.1) is 17.6 Å². The van der Waals surface area contributed by atoms with E-state index < -0.39 is 0 Å². The lowest BCUT2D eigenvalue weighted by atomic mass is 9.94. The molecule has 0 amide bonds. The van der Waals surface area contributed by atoms with Gasteiger partial charge in [-0.3, -0.25) is 9.36 Å². The average Bonchev–Trinajstić information content (AvgIpc) is 3.02. The number of tetrazole rings is 1. The Morgan fingerprint density at radius 2 is 2.24 bits per heavy atom. The van der Waals surface area contributed by atoms with Crippen molar-refractivity contribution in [2.45, 2.75) is 45.9 Å². The van der Waals surface area contributed by atoms with E-state index in [1.807, 2.05) is 20.8 Å². The van der Waals surface area contributed by atoms with Crippen LogP contribution in [0.15, 0.2) is 4.79 Å². The van der Waals surface area contributed by atoms with E-state index in [4.69, 9.17) is 4.74 Å². The Balaban J connectivity index is 2.17. The van der Waals surface area contributed by atoms with Crippen LogP contribution in [0.5, 0.6) is 0 Å². The van der Waals surface area contributed by atoms with E-state index in [9.17, 15) is 4.79 Å². The lowest BCUT2D eigenvalue weighted by Gasteiger charge is -2.29. The molecule has 0 aliphatic carbocycles. The average molecular weight is 305 g/mol. The molecule has 8 heteroatoms. The number of aryl methyl sites for hydroxylation is 1. The molecule has 21 heavy (non-hydrogen) atoms. The summed E-state index contributed by atoms with van der Waals surface area (Å²) in [6.45, 7) is 7.11. The van der Waals surface area contributed by atoms with Gasteiger partial charge in [0.25, 0.3) is 11.3 Å². The van der Waals surface area contributed by atoms with Crippen molar-refractivity contribution < 1.29 is 4.74 Å². The van der Waals surface area contributed by atoms with Crippen LogP contribution in [-0.4, -0.2) is 30.2 Å². The van der Waals surface area contributed by atoms with Crippen molar-refractivity contribution in [1.82, 2.24) is 24.6 Å². The fraction of sp³-hybridized carbons (Fsp3) is 0.538. The van der Waals surface area contributed by atoms with Crippen molar-refractivity contribution in [3.63, 3.8) is 0 Å². The van der Waals surface area contributed by atoms with Gasteiger partial charge in [-0.15, -0.1) is 11.3 Å². The van der Waals surface area contributed by atoms with E-state index in [0.29, 0.717) is 18.9 Å². The summed E-state index contributed by atoms with van der Waals surface area (Å²) < 4.78 is 9.14. The van der Waals surface area contributed by atoms with Crippen molar-refractivity contribution in [3.05, 3.63) is 20.8 Å². The normalized spacial score (nSPS) is 17.5. The molecule has 0 atom stereocenters. The zero-order valence-corrected chi connectivity index (χ0v) is 12.9. The molecule has 0 saturated carbocycles. The summed E-state index contributed by atoms with van der Waals surface area (Å²) in [5.41, 5.74) is 0.834. The van der Waals surface area contributed by atoms with E-state index in [1.54, 1.807) is 20.4 Å². The van der Waals surface area contributed by atoms with Crippen LogP contribution in [0.4, 0.5) is 0 Å². The van der Waals surface area contributed by atoms with Gasteiger partial charge in [-0.25, -0.2) is 0 Å². The SMILES string of the molecule is CCn1c(=O)c2c3c(sc2n2nnnc12)COC(C)(C)C3. The molecule has 0 saturated heterocycles. The molecule has 3 aromatic rings. The van der Waals surface area contributed by atoms with E-state index in [1.165, 1.54) is 0 Å². The van der Waals surface area contributed by atoms with Gasteiger partial charge in [-0.05, 0) is 36.8 Å². The predicted octanol–water partition coefficient (Wildman–Crippen LogP) is 1.37. The Kier molecular flexibility index (Phi) is 2.52. The largest absolute Gasteiger partial charge is 0.370 e. The predicted molar refractivity (Wildman–Crippen MR) is 78.7 cm³/mol. The molecule has 0 N–H and O–H groups in total. The maximum atomic E-state index is 12.8. The van der Waals surface area contributed by atoms with Gasteiger partial charge in [-0.1, -0.05) is 5.10 Å². The zero-order valence-electron chi connectivity index (χ0n) is 12.1. The summed E-state index contributed by atoms with van der Waals surface area (Å²) >= 11 is 1.55. The topological polar surface area (TPSA) is 74.3 Å². The van der Waals surface area contributed by atoms with Gasteiger partial charge in [-0.2, -0.15) is 4.52 Å². The fourth-order valence-corrected chi connectivity index (χ4v) is 4.07. The highest BCUT2D eigenvalue weighted by Crippen LogP contribution is 2.37. The third-order valence-electron chi connectivity index (χ3n) is 3.93. The molecule has 0 aromatic carbocycles. The van der Waals surface area contributed by atoms with E-state index in [2.05, 4.69) is 15.5 Å². The maximum Gasteiger partial charge on any atom is 0.264 e. The maximum absolute atomic E-state index is 12.8. The first kappa shape index (κ1) is 12.9. The molecular weight excluding hydrogens is 290 g/mol. The number of thiophene rings is 1. The van der Waals surface area contributed by atoms with E-state index >= 15 is 0 Å². The Morgan fingerprint density at radius 1 is 1.43 bits per heavy atom. The minimum Gasteiger partial charge on any atom is -0.370 e. The highest BCUT2D eigenvalue weighted by atomic mass is 32.1. The summed E-state index contributed by atoms with van der Waals surface area (Å²) in [6.07, 6.45) is 0.731. The minimum atomic E-state index is -0.250. The second kappa shape index (κ2) is 4.11. The Morgan fingerprint density at radius 3 is 3.00 bits per heavy atom. The lowest BCUT2D eigenvalue weighted by Crippen LogP contribution is -2.32. The van der Waals surface area contributed by atoms with Crippen molar-refractivity contribution in [2.75, 3.05) is 0 Å². The third kappa shape index (κ3) is 1.69. The van der Waals surface area contributed by atoms with Crippen LogP contribution < -0.4 is 5.56 Å². The first-order valence-corrected chi connectivity index (χ1v) is 7.72. The molecule has 0 bridgehead atoms. The summed E-state index contributed by atoms with van der Waals surface area (Å²) in [5, 5.41) is 12.5. The van der Waals surface area contributed by atoms with Crippen molar-refractivity contribution in [1.29, 1.82) is 0 Å². The molecule has 1 aliphatic rings. The molecule has 7 nitrogen and oxygen atoms in total. The number of fused-ring (bicyclic) bond motifs is 5. The van der Waals surface area contributed by atoms with Crippen molar-refractivity contribution >= 4 is 27.3 Å². The van der Waals surface area contributed by atoms with Crippen molar-refractivity contribution in [2.24, 2.45) is 0 Å². The Labute approximate surface area is 124 Å². The summed E-state index contributed by atoms with van der Waals surface area (Å²) in [7, 11) is 0. The molecule has 0 spiro atoms. The molecule has 4 heterocycles. The van der Waals surface area contributed by atoms with Crippen LogP contribution in [0.1, 0.15) is 31.2 Å². The number of hydrogen-bond acceptors (Lipinski definition) is 6. The van der Waals surface area contributed by atoms with Gasteiger partial charge in [0.2, 0.25) is 0 Å². The highest BCUT2D eigenvalue weighted by Gasteiger charge is 2.31. The van der Waals surface area contributed by atoms with E-state index in [-0.39, 0.29) is 11.2 Å². The third-order valence-corrected chi connectivity index (χ3v) is 5.11. The van der Waals surface area contributed by atoms with Crippen LogP contribution in [0.25, 0.3) is 16.0 Å². The van der Waals surface area contributed by atoms with Gasteiger partial charge in [0, 0.05) is 17.8 Å². The molecule has 1 aliphatic heterocycles. The molecule has 4 rings (SSSR count). The van der Waals surface area contributed by atoms with Crippen LogP contribution >= 0.6 is 11.3 Å². The quantitative estimate of drug-likeness (QED) is 0.679. The second-order valence-corrected chi connectivity index (χ2v) is 6.93. The van der Waals surface area contributed by atoms with Crippen LogP contribution in [0, 0.1) is 0 Å². The first-order valence-electron chi connectivity index (χ1n) is 6.91. The van der Waals surface area contributed by atoms with Crippen LogP contribution in [0.3, 0.4) is 0 Å². The Hall–Kier alpha value is -1.80. The number of aromatic nitrogens is 5. The molecule has 110 valence electrons. The molecular formula is C13H15N5O2S. The smallest absolute Gasteiger partial charge is 0.264 e. The second-order valence-electron chi connectivity index (χ2n) is 5.85. The summed E-state index contributed by atoms with van der Waals surface area (Å²) in [6, 6.07) is 0. The minimum absolute atomic E-state index is 0.00926. The number of nitrogens with zero attached hydrogens (tertiary/aromatic N) is 5. The summed E-state index contributed by atoms with van der Waals surface area (Å²) in [4.78, 5) is 14.8. The lowest BCUT2D eigenvalue weighted by molar-refractivity contribution is -0.0379. The van der Waals surface area contributed by atoms with Gasteiger partial charge < -0.3 is 4.74 Å². The van der Waals surface area contributed by atoms with Crippen LogP contribution in [0.2, 0.25) is 0 Å². The van der Waals surface area contributed by atoms with Gasteiger partial charge in [0.15, 0.2) is 0 Å².